The average molecular weight is 498 g/mol. The monoisotopic (exact) mass is 497 g/mol. The minimum Gasteiger partial charge on any atom is -0.325 e. The van der Waals surface area contributed by atoms with Gasteiger partial charge in [-0.2, -0.15) is 0 Å². The van der Waals surface area contributed by atoms with Crippen LogP contribution in [0.15, 0.2) is 58.0 Å². The zero-order valence-electron chi connectivity index (χ0n) is 17.9. The molecule has 3 aromatic rings. The first-order chi connectivity index (χ1) is 14.7. The van der Waals surface area contributed by atoms with Crippen LogP contribution in [0.3, 0.4) is 0 Å². The number of para-hydroxylation sites is 1. The lowest BCUT2D eigenvalue weighted by Gasteiger charge is -2.14. The van der Waals surface area contributed by atoms with Crippen molar-refractivity contribution in [3.63, 3.8) is 0 Å². The van der Waals surface area contributed by atoms with Gasteiger partial charge in [0, 0.05) is 21.5 Å². The van der Waals surface area contributed by atoms with Crippen molar-refractivity contribution >= 4 is 50.9 Å². The van der Waals surface area contributed by atoms with Crippen LogP contribution in [0.1, 0.15) is 32.7 Å². The number of carbonyl (C=O) groups is 2. The number of aryl methyl sites for hydroxylation is 4. The third-order valence-corrected chi connectivity index (χ3v) is 6.20. The maximum atomic E-state index is 13.1. The summed E-state index contributed by atoms with van der Waals surface area (Å²) in [6.45, 7) is 7.65. The number of aromatic nitrogens is 1. The van der Waals surface area contributed by atoms with Crippen LogP contribution in [-0.4, -0.2) is 22.6 Å². The molecule has 31 heavy (non-hydrogen) atoms. The van der Waals surface area contributed by atoms with Gasteiger partial charge in [0.25, 0.3) is 5.91 Å². The number of hydrogen-bond donors (Lipinski definition) is 2. The van der Waals surface area contributed by atoms with Gasteiger partial charge in [0.05, 0.1) is 11.3 Å². The van der Waals surface area contributed by atoms with E-state index in [4.69, 9.17) is 0 Å². The summed E-state index contributed by atoms with van der Waals surface area (Å²) in [6, 6.07) is 15.2. The number of nitrogens with one attached hydrogen (secondary N) is 2. The van der Waals surface area contributed by atoms with Gasteiger partial charge in [-0.3, -0.25) is 9.59 Å². The maximum Gasteiger partial charge on any atom is 0.258 e. The van der Waals surface area contributed by atoms with E-state index in [9.17, 15) is 9.59 Å². The molecule has 2 aromatic carbocycles. The van der Waals surface area contributed by atoms with Crippen molar-refractivity contribution in [2.45, 2.75) is 32.7 Å². The van der Waals surface area contributed by atoms with Gasteiger partial charge in [-0.1, -0.05) is 45.9 Å². The fraction of sp³-hybridized carbons (Fsp3) is 0.208. The van der Waals surface area contributed by atoms with Crippen molar-refractivity contribution in [2.24, 2.45) is 0 Å². The standard InChI is InChI=1S/C24H24BrN3O2S/c1-14-7-5-6-8-19(14)28-23(30)22-16(3)11-17(4)26-24(22)31-13-21(29)27-20-10-9-18(25)12-15(20)2/h5-12H,13H2,1-4H3,(H,27,29)(H,28,30). The molecule has 7 heteroatoms. The number of anilines is 2. The van der Waals surface area contributed by atoms with Crippen LogP contribution in [0, 0.1) is 27.7 Å². The zero-order valence-corrected chi connectivity index (χ0v) is 20.3. The largest absolute Gasteiger partial charge is 0.325 e. The van der Waals surface area contributed by atoms with Crippen LogP contribution < -0.4 is 10.6 Å². The summed E-state index contributed by atoms with van der Waals surface area (Å²) in [6.07, 6.45) is 0. The number of rotatable bonds is 6. The lowest BCUT2D eigenvalue weighted by atomic mass is 10.1. The quantitative estimate of drug-likeness (QED) is 0.406. The van der Waals surface area contributed by atoms with Gasteiger partial charge in [0.2, 0.25) is 5.91 Å². The molecule has 0 spiro atoms. The molecule has 5 nitrogen and oxygen atoms in total. The third-order valence-electron chi connectivity index (χ3n) is 4.73. The molecule has 0 atom stereocenters. The second kappa shape index (κ2) is 10.1. The summed E-state index contributed by atoms with van der Waals surface area (Å²) in [5.41, 5.74) is 5.59. The van der Waals surface area contributed by atoms with Gasteiger partial charge in [0.1, 0.15) is 5.03 Å². The van der Waals surface area contributed by atoms with Crippen LogP contribution in [0.5, 0.6) is 0 Å². The predicted octanol–water partition coefficient (Wildman–Crippen LogP) is 6.06. The van der Waals surface area contributed by atoms with E-state index in [0.29, 0.717) is 10.6 Å². The Labute approximate surface area is 195 Å². The van der Waals surface area contributed by atoms with E-state index in [-0.39, 0.29) is 17.6 Å². The van der Waals surface area contributed by atoms with Crippen molar-refractivity contribution in [3.8, 4) is 0 Å². The van der Waals surface area contributed by atoms with E-state index >= 15 is 0 Å². The molecule has 0 bridgehead atoms. The summed E-state index contributed by atoms with van der Waals surface area (Å²) < 4.78 is 0.959. The first-order valence-corrected chi connectivity index (χ1v) is 11.6. The Bertz CT molecular complexity index is 1150. The minimum absolute atomic E-state index is 0.149. The fourth-order valence-corrected chi connectivity index (χ4v) is 4.59. The number of hydrogen-bond acceptors (Lipinski definition) is 4. The molecule has 0 saturated carbocycles. The van der Waals surface area contributed by atoms with Crippen LogP contribution in [0.2, 0.25) is 0 Å². The molecule has 0 aliphatic heterocycles. The highest BCUT2D eigenvalue weighted by Crippen LogP contribution is 2.27. The molecule has 0 fully saturated rings. The minimum atomic E-state index is -0.231. The van der Waals surface area contributed by atoms with E-state index < -0.39 is 0 Å². The number of halogens is 1. The molecule has 3 rings (SSSR count). The first-order valence-electron chi connectivity index (χ1n) is 9.78. The Kier molecular flexibility index (Phi) is 7.51. The Balaban J connectivity index is 1.77. The van der Waals surface area contributed by atoms with Gasteiger partial charge in [-0.15, -0.1) is 0 Å². The first kappa shape index (κ1) is 23.0. The molecular weight excluding hydrogens is 474 g/mol. The summed E-state index contributed by atoms with van der Waals surface area (Å²) in [5.74, 6) is -0.233. The number of amides is 2. The van der Waals surface area contributed by atoms with E-state index in [0.717, 1.165) is 38.2 Å². The van der Waals surface area contributed by atoms with Crippen molar-refractivity contribution in [3.05, 3.63) is 81.0 Å². The number of pyridine rings is 1. The van der Waals surface area contributed by atoms with Crippen molar-refractivity contribution in [1.29, 1.82) is 0 Å². The Morgan fingerprint density at radius 1 is 0.903 bits per heavy atom. The second-order valence-corrected chi connectivity index (χ2v) is 9.21. The number of nitrogens with zero attached hydrogens (tertiary/aromatic N) is 1. The highest BCUT2D eigenvalue weighted by molar-refractivity contribution is 9.10. The summed E-state index contributed by atoms with van der Waals surface area (Å²) >= 11 is 4.69. The molecule has 2 amide bonds. The van der Waals surface area contributed by atoms with Crippen molar-refractivity contribution < 1.29 is 9.59 Å². The van der Waals surface area contributed by atoms with Crippen LogP contribution >= 0.6 is 27.7 Å². The van der Waals surface area contributed by atoms with Gasteiger partial charge in [-0.25, -0.2) is 4.98 Å². The van der Waals surface area contributed by atoms with E-state index in [1.54, 1.807) is 0 Å². The Morgan fingerprint density at radius 2 is 1.61 bits per heavy atom. The van der Waals surface area contributed by atoms with Crippen molar-refractivity contribution in [1.82, 2.24) is 4.98 Å². The van der Waals surface area contributed by atoms with Gasteiger partial charge in [0.15, 0.2) is 0 Å². The highest BCUT2D eigenvalue weighted by atomic mass is 79.9. The molecule has 1 aromatic heterocycles. The molecule has 0 aliphatic carbocycles. The topological polar surface area (TPSA) is 71.1 Å². The number of carbonyl (C=O) groups excluding carboxylic acids is 2. The van der Waals surface area contributed by atoms with E-state index in [1.165, 1.54) is 11.8 Å². The number of benzene rings is 2. The molecule has 0 unspecified atom stereocenters. The molecule has 1 heterocycles. The van der Waals surface area contributed by atoms with Crippen LogP contribution in [0.4, 0.5) is 11.4 Å². The SMILES string of the molecule is Cc1cc(C)c(C(=O)Nc2ccccc2C)c(SCC(=O)Nc2ccc(Br)cc2C)n1. The lowest BCUT2D eigenvalue weighted by Crippen LogP contribution is -2.18. The zero-order chi connectivity index (χ0) is 22.5. The van der Waals surface area contributed by atoms with Gasteiger partial charge >= 0.3 is 0 Å². The van der Waals surface area contributed by atoms with Crippen LogP contribution in [-0.2, 0) is 4.79 Å². The second-order valence-electron chi connectivity index (χ2n) is 7.33. The third kappa shape index (κ3) is 5.95. The predicted molar refractivity (Wildman–Crippen MR) is 131 cm³/mol. The summed E-state index contributed by atoms with van der Waals surface area (Å²) in [5, 5.41) is 6.44. The lowest BCUT2D eigenvalue weighted by molar-refractivity contribution is -0.113. The van der Waals surface area contributed by atoms with E-state index in [2.05, 4.69) is 31.5 Å². The Hall–Kier alpha value is -2.64. The summed E-state index contributed by atoms with van der Waals surface area (Å²) in [4.78, 5) is 30.1. The highest BCUT2D eigenvalue weighted by Gasteiger charge is 2.19. The van der Waals surface area contributed by atoms with Gasteiger partial charge in [-0.05, 0) is 74.7 Å². The smallest absolute Gasteiger partial charge is 0.258 e. The summed E-state index contributed by atoms with van der Waals surface area (Å²) in [7, 11) is 0. The average Bonchev–Trinajstić information content (AvgIpc) is 2.69. The normalized spacial score (nSPS) is 10.6. The van der Waals surface area contributed by atoms with Gasteiger partial charge < -0.3 is 10.6 Å². The molecule has 0 saturated heterocycles. The molecule has 160 valence electrons. The Morgan fingerprint density at radius 3 is 2.32 bits per heavy atom. The number of thioether (sulfide) groups is 1. The fourth-order valence-electron chi connectivity index (χ4n) is 3.17. The molecule has 2 N–H and O–H groups in total. The molecular formula is C24H24BrN3O2S. The van der Waals surface area contributed by atoms with Crippen LogP contribution in [0.25, 0.3) is 0 Å². The van der Waals surface area contributed by atoms with E-state index in [1.807, 2.05) is 76.2 Å². The molecule has 0 radical (unpaired) electrons. The molecule has 0 aliphatic rings. The van der Waals surface area contributed by atoms with Crippen molar-refractivity contribution in [2.75, 3.05) is 16.4 Å². The maximum absolute atomic E-state index is 13.1.